The molecule has 84 valence electrons. The molecule has 1 aromatic rings. The first-order valence-corrected chi connectivity index (χ1v) is 7.09. The minimum absolute atomic E-state index is 0.515. The highest BCUT2D eigenvalue weighted by molar-refractivity contribution is 9.10. The SMILES string of the molecule is CCc1nc(CSC(C)C)nc(Cl)c1Br. The summed E-state index contributed by atoms with van der Waals surface area (Å²) in [7, 11) is 0. The highest BCUT2D eigenvalue weighted by Gasteiger charge is 2.09. The second kappa shape index (κ2) is 6.06. The Morgan fingerprint density at radius 2 is 2.07 bits per heavy atom. The van der Waals surface area contributed by atoms with Crippen LogP contribution in [0.1, 0.15) is 32.3 Å². The van der Waals surface area contributed by atoms with Crippen LogP contribution in [-0.4, -0.2) is 15.2 Å². The summed E-state index contributed by atoms with van der Waals surface area (Å²) in [6, 6.07) is 0. The molecule has 1 aromatic heterocycles. The van der Waals surface area contributed by atoms with Gasteiger partial charge in [-0.2, -0.15) is 11.8 Å². The van der Waals surface area contributed by atoms with E-state index >= 15 is 0 Å². The molecule has 5 heteroatoms. The largest absolute Gasteiger partial charge is 0.236 e. The third-order valence-electron chi connectivity index (χ3n) is 1.81. The molecule has 0 aliphatic rings. The molecule has 15 heavy (non-hydrogen) atoms. The van der Waals surface area contributed by atoms with E-state index in [4.69, 9.17) is 11.6 Å². The van der Waals surface area contributed by atoms with Crippen LogP contribution in [0.5, 0.6) is 0 Å². The van der Waals surface area contributed by atoms with Crippen molar-refractivity contribution in [2.75, 3.05) is 0 Å². The van der Waals surface area contributed by atoms with Gasteiger partial charge in [-0.3, -0.25) is 0 Å². The third-order valence-corrected chi connectivity index (χ3v) is 4.23. The van der Waals surface area contributed by atoms with Gasteiger partial charge in [-0.25, -0.2) is 9.97 Å². The lowest BCUT2D eigenvalue weighted by molar-refractivity contribution is 0.926. The number of hydrogen-bond donors (Lipinski definition) is 0. The van der Waals surface area contributed by atoms with Crippen molar-refractivity contribution in [3.63, 3.8) is 0 Å². The minimum Gasteiger partial charge on any atom is -0.236 e. The Hall–Kier alpha value is 0.200. The quantitative estimate of drug-likeness (QED) is 0.783. The second-order valence-electron chi connectivity index (χ2n) is 3.40. The monoisotopic (exact) mass is 308 g/mol. The van der Waals surface area contributed by atoms with Crippen LogP contribution in [0.25, 0.3) is 0 Å². The summed E-state index contributed by atoms with van der Waals surface area (Å²) in [5.41, 5.74) is 0.981. The molecule has 0 spiro atoms. The first-order chi connectivity index (χ1) is 7.04. The fraction of sp³-hybridized carbons (Fsp3) is 0.600. The maximum Gasteiger partial charge on any atom is 0.147 e. The van der Waals surface area contributed by atoms with E-state index in [9.17, 15) is 0 Å². The number of aromatic nitrogens is 2. The van der Waals surface area contributed by atoms with Gasteiger partial charge in [0.1, 0.15) is 11.0 Å². The van der Waals surface area contributed by atoms with E-state index in [1.807, 2.05) is 11.8 Å². The van der Waals surface area contributed by atoms with Crippen molar-refractivity contribution in [1.29, 1.82) is 0 Å². The standard InChI is InChI=1S/C10H14BrClN2S/c1-4-7-9(11)10(12)14-8(13-7)5-15-6(2)3/h6H,4-5H2,1-3H3. The van der Waals surface area contributed by atoms with Crippen LogP contribution in [0.3, 0.4) is 0 Å². The third kappa shape index (κ3) is 3.93. The number of rotatable bonds is 4. The Kier molecular flexibility index (Phi) is 5.36. The van der Waals surface area contributed by atoms with Crippen molar-refractivity contribution in [3.8, 4) is 0 Å². The summed E-state index contributed by atoms with van der Waals surface area (Å²) in [4.78, 5) is 8.70. The van der Waals surface area contributed by atoms with E-state index in [1.165, 1.54) is 0 Å². The Morgan fingerprint density at radius 1 is 1.40 bits per heavy atom. The maximum absolute atomic E-state index is 6.01. The van der Waals surface area contributed by atoms with E-state index in [1.54, 1.807) is 0 Å². The highest BCUT2D eigenvalue weighted by atomic mass is 79.9. The predicted molar refractivity (Wildman–Crippen MR) is 70.6 cm³/mol. The molecule has 1 heterocycles. The van der Waals surface area contributed by atoms with Gasteiger partial charge in [-0.05, 0) is 27.6 Å². The fourth-order valence-corrected chi connectivity index (χ4v) is 2.33. The van der Waals surface area contributed by atoms with Crippen LogP contribution in [0.15, 0.2) is 4.47 Å². The first kappa shape index (κ1) is 13.3. The molecule has 2 nitrogen and oxygen atoms in total. The van der Waals surface area contributed by atoms with Gasteiger partial charge in [0.2, 0.25) is 0 Å². The zero-order chi connectivity index (χ0) is 11.4. The fourth-order valence-electron chi connectivity index (χ4n) is 1.05. The van der Waals surface area contributed by atoms with Crippen LogP contribution in [0.2, 0.25) is 5.15 Å². The van der Waals surface area contributed by atoms with Crippen LogP contribution >= 0.6 is 39.3 Å². The van der Waals surface area contributed by atoms with Crippen molar-refractivity contribution < 1.29 is 0 Å². The van der Waals surface area contributed by atoms with Crippen molar-refractivity contribution >= 4 is 39.3 Å². The normalized spacial score (nSPS) is 11.1. The summed E-state index contributed by atoms with van der Waals surface area (Å²) in [5, 5.41) is 1.10. The molecule has 0 radical (unpaired) electrons. The Balaban J connectivity index is 2.86. The molecule has 0 aliphatic heterocycles. The predicted octanol–water partition coefficient (Wildman–Crippen LogP) is 4.10. The zero-order valence-electron chi connectivity index (χ0n) is 9.05. The Morgan fingerprint density at radius 3 is 2.60 bits per heavy atom. The lowest BCUT2D eigenvalue weighted by atomic mass is 10.3. The van der Waals surface area contributed by atoms with Crippen molar-refractivity contribution in [2.45, 2.75) is 38.2 Å². The molecule has 0 bridgehead atoms. The Labute approximate surface area is 108 Å². The number of aryl methyl sites for hydroxylation is 1. The smallest absolute Gasteiger partial charge is 0.147 e. The number of halogens is 2. The molecular weight excluding hydrogens is 296 g/mol. The average Bonchev–Trinajstić information content (AvgIpc) is 2.19. The number of nitrogens with zero attached hydrogens (tertiary/aromatic N) is 2. The average molecular weight is 310 g/mol. The summed E-state index contributed by atoms with van der Waals surface area (Å²) >= 11 is 11.2. The van der Waals surface area contributed by atoms with Crippen LogP contribution in [0, 0.1) is 0 Å². The molecule has 0 atom stereocenters. The van der Waals surface area contributed by atoms with E-state index in [-0.39, 0.29) is 0 Å². The summed E-state index contributed by atoms with van der Waals surface area (Å²) in [5.74, 6) is 1.64. The van der Waals surface area contributed by atoms with Gasteiger partial charge >= 0.3 is 0 Å². The van der Waals surface area contributed by atoms with Crippen molar-refractivity contribution in [3.05, 3.63) is 21.1 Å². The van der Waals surface area contributed by atoms with Crippen LogP contribution in [0.4, 0.5) is 0 Å². The van der Waals surface area contributed by atoms with E-state index < -0.39 is 0 Å². The van der Waals surface area contributed by atoms with Crippen LogP contribution in [-0.2, 0) is 12.2 Å². The van der Waals surface area contributed by atoms with E-state index in [2.05, 4.69) is 46.7 Å². The molecule has 0 saturated heterocycles. The molecule has 0 aliphatic carbocycles. The summed E-state index contributed by atoms with van der Waals surface area (Å²) < 4.78 is 0.824. The van der Waals surface area contributed by atoms with Crippen LogP contribution < -0.4 is 0 Å². The molecule has 0 amide bonds. The topological polar surface area (TPSA) is 25.8 Å². The van der Waals surface area contributed by atoms with Gasteiger partial charge < -0.3 is 0 Å². The molecule has 0 fully saturated rings. The molecule has 0 N–H and O–H groups in total. The lowest BCUT2D eigenvalue weighted by Crippen LogP contribution is -2.01. The number of thioether (sulfide) groups is 1. The highest BCUT2D eigenvalue weighted by Crippen LogP contribution is 2.25. The van der Waals surface area contributed by atoms with Gasteiger partial charge in [0.25, 0.3) is 0 Å². The molecule has 0 unspecified atom stereocenters. The first-order valence-electron chi connectivity index (χ1n) is 4.87. The molecule has 0 aromatic carbocycles. The van der Waals surface area contributed by atoms with Crippen molar-refractivity contribution in [1.82, 2.24) is 9.97 Å². The van der Waals surface area contributed by atoms with Crippen molar-refractivity contribution in [2.24, 2.45) is 0 Å². The second-order valence-corrected chi connectivity index (χ2v) is 6.12. The zero-order valence-corrected chi connectivity index (χ0v) is 12.2. The van der Waals surface area contributed by atoms with E-state index in [0.29, 0.717) is 10.4 Å². The van der Waals surface area contributed by atoms with Gasteiger partial charge in [0.15, 0.2) is 0 Å². The number of hydrogen-bond acceptors (Lipinski definition) is 3. The summed E-state index contributed by atoms with van der Waals surface area (Å²) in [6.45, 7) is 6.38. The lowest BCUT2D eigenvalue weighted by Gasteiger charge is -2.07. The summed E-state index contributed by atoms with van der Waals surface area (Å²) in [6.07, 6.45) is 0.863. The van der Waals surface area contributed by atoms with Gasteiger partial charge in [0, 0.05) is 0 Å². The molecular formula is C10H14BrClN2S. The van der Waals surface area contributed by atoms with Gasteiger partial charge in [-0.15, -0.1) is 0 Å². The Bertz CT molecular complexity index is 344. The van der Waals surface area contributed by atoms with Gasteiger partial charge in [0.05, 0.1) is 15.9 Å². The molecule has 0 saturated carbocycles. The maximum atomic E-state index is 6.01. The minimum atomic E-state index is 0.515. The molecule has 1 rings (SSSR count). The van der Waals surface area contributed by atoms with Gasteiger partial charge in [-0.1, -0.05) is 32.4 Å². The van der Waals surface area contributed by atoms with E-state index in [0.717, 1.165) is 28.2 Å².